The van der Waals surface area contributed by atoms with Crippen molar-refractivity contribution in [3.05, 3.63) is 0 Å². The molecule has 0 radical (unpaired) electrons. The van der Waals surface area contributed by atoms with Crippen molar-refractivity contribution in [3.8, 4) is 0 Å². The summed E-state index contributed by atoms with van der Waals surface area (Å²) in [6, 6.07) is 0. The summed E-state index contributed by atoms with van der Waals surface area (Å²) in [5.74, 6) is 1.55. The third-order valence-electron chi connectivity index (χ3n) is 3.50. The third-order valence-corrected chi connectivity index (χ3v) is 3.81. The molecule has 1 fully saturated rings. The molecule has 0 saturated heterocycles. The Labute approximate surface area is 121 Å². The highest BCUT2D eigenvalue weighted by Crippen LogP contribution is 2.26. The van der Waals surface area contributed by atoms with Crippen LogP contribution in [0, 0.1) is 5.92 Å². The number of alkyl halides is 2. The zero-order valence-electron chi connectivity index (χ0n) is 11.2. The van der Waals surface area contributed by atoms with Crippen molar-refractivity contribution in [1.82, 2.24) is 0 Å². The molecule has 0 aromatic carbocycles. The van der Waals surface area contributed by atoms with Gasteiger partial charge in [0.2, 0.25) is 0 Å². The van der Waals surface area contributed by atoms with E-state index in [4.69, 9.17) is 32.7 Å². The Morgan fingerprint density at radius 1 is 0.778 bits per heavy atom. The molecule has 0 heterocycles. The fraction of sp³-hybridized carbons (Fsp3) is 1.00. The van der Waals surface area contributed by atoms with Gasteiger partial charge in [0.15, 0.2) is 6.29 Å². The van der Waals surface area contributed by atoms with Gasteiger partial charge >= 0.3 is 0 Å². The lowest BCUT2D eigenvalue weighted by atomic mass is 9.96. The molecule has 0 aromatic rings. The summed E-state index contributed by atoms with van der Waals surface area (Å²) in [6.07, 6.45) is 10.3. The smallest absolute Gasteiger partial charge is 0.160 e. The minimum Gasteiger partial charge on any atom is -0.351 e. The lowest BCUT2D eigenvalue weighted by Gasteiger charge is -2.27. The first-order chi connectivity index (χ1) is 8.88. The maximum absolute atomic E-state index is 5.76. The number of rotatable bonds is 7. The molecule has 0 atom stereocenters. The largest absolute Gasteiger partial charge is 0.351 e. The minimum atomic E-state index is -0.111. The van der Waals surface area contributed by atoms with Gasteiger partial charge in [0.25, 0.3) is 0 Å². The molecule has 0 aliphatic heterocycles. The van der Waals surface area contributed by atoms with E-state index in [1.54, 1.807) is 0 Å². The number of hydrogen-bond donors (Lipinski definition) is 0. The summed E-state index contributed by atoms with van der Waals surface area (Å²) in [5.41, 5.74) is 0. The van der Waals surface area contributed by atoms with Crippen molar-refractivity contribution < 1.29 is 9.47 Å². The van der Waals surface area contributed by atoms with Crippen LogP contribution in [0.4, 0.5) is 0 Å². The predicted molar refractivity (Wildman–Crippen MR) is 77.6 cm³/mol. The summed E-state index contributed by atoms with van der Waals surface area (Å²) in [4.78, 5) is 0. The molecular formula is C14H26Cl2O2. The van der Waals surface area contributed by atoms with Crippen LogP contribution in [0.1, 0.15) is 51.4 Å². The van der Waals surface area contributed by atoms with Crippen LogP contribution < -0.4 is 0 Å². The van der Waals surface area contributed by atoms with Gasteiger partial charge in [-0.3, -0.25) is 0 Å². The molecule has 0 aromatic heterocycles. The molecule has 0 spiro atoms. The van der Waals surface area contributed by atoms with Crippen LogP contribution in [0.2, 0.25) is 0 Å². The normalized spacial score (nSPS) is 19.5. The van der Waals surface area contributed by atoms with Gasteiger partial charge in [-0.1, -0.05) is 38.5 Å². The van der Waals surface area contributed by atoms with Crippen molar-refractivity contribution in [2.24, 2.45) is 5.92 Å². The lowest BCUT2D eigenvalue weighted by molar-refractivity contribution is -0.169. The van der Waals surface area contributed by atoms with Gasteiger partial charge in [0.1, 0.15) is 0 Å². The fourth-order valence-electron chi connectivity index (χ4n) is 2.58. The molecule has 4 heteroatoms. The van der Waals surface area contributed by atoms with E-state index in [9.17, 15) is 0 Å². The van der Waals surface area contributed by atoms with Crippen molar-refractivity contribution in [1.29, 1.82) is 0 Å². The van der Waals surface area contributed by atoms with E-state index in [0.29, 0.717) is 30.9 Å². The Kier molecular flexibility index (Phi) is 10.4. The quantitative estimate of drug-likeness (QED) is 0.506. The third kappa shape index (κ3) is 7.18. The van der Waals surface area contributed by atoms with E-state index >= 15 is 0 Å². The molecule has 2 nitrogen and oxygen atoms in total. The van der Waals surface area contributed by atoms with Gasteiger partial charge in [-0.15, -0.1) is 23.2 Å². The molecular weight excluding hydrogens is 271 g/mol. The van der Waals surface area contributed by atoms with Gasteiger partial charge in [-0.2, -0.15) is 0 Å². The molecule has 1 saturated carbocycles. The van der Waals surface area contributed by atoms with E-state index in [-0.39, 0.29) is 6.29 Å². The van der Waals surface area contributed by atoms with Crippen LogP contribution in [0.15, 0.2) is 0 Å². The van der Waals surface area contributed by atoms with E-state index in [2.05, 4.69) is 0 Å². The van der Waals surface area contributed by atoms with Crippen LogP contribution in [0.25, 0.3) is 0 Å². The Bertz CT molecular complexity index is 173. The Morgan fingerprint density at radius 3 is 1.67 bits per heavy atom. The van der Waals surface area contributed by atoms with Gasteiger partial charge in [0, 0.05) is 17.7 Å². The van der Waals surface area contributed by atoms with Crippen molar-refractivity contribution in [2.45, 2.75) is 57.7 Å². The van der Waals surface area contributed by atoms with Gasteiger partial charge in [0.05, 0.1) is 13.2 Å². The molecule has 0 bridgehead atoms. The first-order valence-electron chi connectivity index (χ1n) is 7.23. The van der Waals surface area contributed by atoms with E-state index in [0.717, 1.165) is 0 Å². The molecule has 18 heavy (non-hydrogen) atoms. The zero-order valence-corrected chi connectivity index (χ0v) is 12.7. The molecule has 108 valence electrons. The summed E-state index contributed by atoms with van der Waals surface area (Å²) in [5, 5.41) is 0. The average molecular weight is 297 g/mol. The minimum absolute atomic E-state index is 0.111. The highest BCUT2D eigenvalue weighted by atomic mass is 35.5. The van der Waals surface area contributed by atoms with Crippen LogP contribution in [0.3, 0.4) is 0 Å². The SMILES string of the molecule is ClCCOC(OCCCl)C1CCCCCCCC1. The van der Waals surface area contributed by atoms with Gasteiger partial charge < -0.3 is 9.47 Å². The van der Waals surface area contributed by atoms with Crippen LogP contribution in [-0.2, 0) is 9.47 Å². The maximum Gasteiger partial charge on any atom is 0.160 e. The van der Waals surface area contributed by atoms with Gasteiger partial charge in [-0.25, -0.2) is 0 Å². The Morgan fingerprint density at radius 2 is 1.22 bits per heavy atom. The summed E-state index contributed by atoms with van der Waals surface area (Å²) in [6.45, 7) is 1.12. The predicted octanol–water partition coefficient (Wildman–Crippen LogP) is 4.57. The highest BCUT2D eigenvalue weighted by molar-refractivity contribution is 6.18. The summed E-state index contributed by atoms with van der Waals surface area (Å²) >= 11 is 11.4. The molecule has 1 rings (SSSR count). The molecule has 1 aliphatic rings. The molecule has 1 aliphatic carbocycles. The Hall–Kier alpha value is 0.500. The van der Waals surface area contributed by atoms with E-state index in [1.807, 2.05) is 0 Å². The second-order valence-corrected chi connectivity index (χ2v) is 5.70. The number of halogens is 2. The average Bonchev–Trinajstić information content (AvgIpc) is 2.52. The first-order valence-corrected chi connectivity index (χ1v) is 8.30. The highest BCUT2D eigenvalue weighted by Gasteiger charge is 2.22. The topological polar surface area (TPSA) is 18.5 Å². The van der Waals surface area contributed by atoms with Gasteiger partial charge in [-0.05, 0) is 12.8 Å². The maximum atomic E-state index is 5.76. The zero-order chi connectivity index (χ0) is 13.1. The summed E-state index contributed by atoms with van der Waals surface area (Å²) in [7, 11) is 0. The van der Waals surface area contributed by atoms with Crippen molar-refractivity contribution >= 4 is 23.2 Å². The van der Waals surface area contributed by atoms with E-state index < -0.39 is 0 Å². The molecule has 0 unspecified atom stereocenters. The lowest BCUT2D eigenvalue weighted by Crippen LogP contribution is -2.29. The van der Waals surface area contributed by atoms with Crippen LogP contribution in [-0.4, -0.2) is 31.3 Å². The van der Waals surface area contributed by atoms with E-state index in [1.165, 1.54) is 51.4 Å². The first kappa shape index (κ1) is 16.6. The summed E-state index contributed by atoms with van der Waals surface area (Å²) < 4.78 is 11.5. The second kappa shape index (κ2) is 11.3. The van der Waals surface area contributed by atoms with Crippen LogP contribution in [0.5, 0.6) is 0 Å². The Balaban J connectivity index is 2.43. The standard InChI is InChI=1S/C14H26Cl2O2/c15-9-11-17-14(18-12-10-16)13-7-5-3-1-2-4-6-8-13/h13-14H,1-12H2. The molecule has 0 amide bonds. The monoisotopic (exact) mass is 296 g/mol. The van der Waals surface area contributed by atoms with Crippen molar-refractivity contribution in [2.75, 3.05) is 25.0 Å². The second-order valence-electron chi connectivity index (χ2n) is 4.95. The molecule has 0 N–H and O–H groups in total. The fourth-order valence-corrected chi connectivity index (χ4v) is 2.76. The van der Waals surface area contributed by atoms with Crippen molar-refractivity contribution in [3.63, 3.8) is 0 Å². The number of hydrogen-bond acceptors (Lipinski definition) is 2. The van der Waals surface area contributed by atoms with Crippen LogP contribution >= 0.6 is 23.2 Å². The number of ether oxygens (including phenoxy) is 2.